The molecular formula is C13H26O2Si. The summed E-state index contributed by atoms with van der Waals surface area (Å²) < 4.78 is 6.01. The molecule has 0 saturated heterocycles. The quantitative estimate of drug-likeness (QED) is 0.466. The Balaban J connectivity index is 3.81. The van der Waals surface area contributed by atoms with Crippen molar-refractivity contribution in [1.82, 2.24) is 0 Å². The van der Waals surface area contributed by atoms with E-state index in [1.807, 2.05) is 0 Å². The second kappa shape index (κ2) is 6.44. The van der Waals surface area contributed by atoms with Crippen LogP contribution in [0.3, 0.4) is 0 Å². The van der Waals surface area contributed by atoms with E-state index in [2.05, 4.69) is 45.7 Å². The molecule has 0 aromatic carbocycles. The Bertz CT molecular complexity index is 253. The third kappa shape index (κ3) is 6.32. The maximum absolute atomic E-state index is 8.95. The topological polar surface area (TPSA) is 29.5 Å². The third-order valence-corrected chi connectivity index (χ3v) is 7.56. The summed E-state index contributed by atoms with van der Waals surface area (Å²) >= 11 is 0. The first kappa shape index (κ1) is 15.7. The highest BCUT2D eigenvalue weighted by Crippen LogP contribution is 2.36. The van der Waals surface area contributed by atoms with Gasteiger partial charge >= 0.3 is 0 Å². The summed E-state index contributed by atoms with van der Waals surface area (Å²) in [5.74, 6) is 5.68. The molecule has 3 heteroatoms. The zero-order valence-corrected chi connectivity index (χ0v) is 12.6. The molecule has 0 aliphatic heterocycles. The van der Waals surface area contributed by atoms with E-state index in [0.29, 0.717) is 0 Å². The van der Waals surface area contributed by atoms with E-state index in [0.717, 1.165) is 19.4 Å². The van der Waals surface area contributed by atoms with E-state index in [-0.39, 0.29) is 5.04 Å². The summed E-state index contributed by atoms with van der Waals surface area (Å²) in [5, 5.41) is 9.22. The van der Waals surface area contributed by atoms with Crippen molar-refractivity contribution in [2.45, 2.75) is 64.8 Å². The van der Waals surface area contributed by atoms with Gasteiger partial charge in [0, 0.05) is 13.0 Å². The molecule has 0 saturated carbocycles. The second-order valence-corrected chi connectivity index (χ2v) is 10.5. The first-order chi connectivity index (χ1) is 7.17. The number of aliphatic hydroxyl groups excluding tert-OH is 1. The average molecular weight is 242 g/mol. The van der Waals surface area contributed by atoms with Gasteiger partial charge in [-0.1, -0.05) is 26.7 Å². The van der Waals surface area contributed by atoms with Gasteiger partial charge in [-0.3, -0.25) is 0 Å². The van der Waals surface area contributed by atoms with Crippen LogP contribution in [-0.2, 0) is 4.43 Å². The lowest BCUT2D eigenvalue weighted by molar-refractivity contribution is 0.253. The predicted octanol–water partition coefficient (Wildman–Crippen LogP) is 3.17. The van der Waals surface area contributed by atoms with Crippen LogP contribution in [-0.4, -0.2) is 26.1 Å². The van der Waals surface area contributed by atoms with Gasteiger partial charge in [-0.05, 0) is 31.5 Å². The highest BCUT2D eigenvalue weighted by Gasteiger charge is 2.36. The molecule has 0 bridgehead atoms. The molecule has 0 rings (SSSR count). The standard InChI is InChI=1S/C13H26O2Si/c1-12(14)10-8-7-9-11-15-16(5,6)13(2,3)4/h12,14H,7,9,11H2,1-6H3/t12-/m0/s1. The highest BCUT2D eigenvalue weighted by molar-refractivity contribution is 6.74. The van der Waals surface area contributed by atoms with Crippen LogP contribution < -0.4 is 0 Å². The van der Waals surface area contributed by atoms with E-state index < -0.39 is 14.4 Å². The Morgan fingerprint density at radius 2 is 1.88 bits per heavy atom. The fraction of sp³-hybridized carbons (Fsp3) is 0.846. The van der Waals surface area contributed by atoms with Crippen molar-refractivity contribution >= 4 is 8.32 Å². The molecule has 94 valence electrons. The lowest BCUT2D eigenvalue weighted by atomic mass is 10.2. The molecule has 0 radical (unpaired) electrons. The van der Waals surface area contributed by atoms with Crippen molar-refractivity contribution in [2.75, 3.05) is 6.61 Å². The highest BCUT2D eigenvalue weighted by atomic mass is 28.4. The lowest BCUT2D eigenvalue weighted by Gasteiger charge is -2.36. The Morgan fingerprint density at radius 1 is 1.31 bits per heavy atom. The SMILES string of the molecule is C[C@H](O)C#CCCCO[Si](C)(C)C(C)(C)C. The van der Waals surface area contributed by atoms with Gasteiger partial charge in [-0.2, -0.15) is 0 Å². The normalized spacial score (nSPS) is 14.2. The molecule has 0 heterocycles. The summed E-state index contributed by atoms with van der Waals surface area (Å²) in [6.45, 7) is 13.7. The smallest absolute Gasteiger partial charge is 0.191 e. The van der Waals surface area contributed by atoms with Gasteiger partial charge in [0.2, 0.25) is 0 Å². The first-order valence-corrected chi connectivity index (χ1v) is 8.88. The zero-order chi connectivity index (χ0) is 12.8. The minimum atomic E-state index is -1.58. The molecule has 1 atom stereocenters. The maximum Gasteiger partial charge on any atom is 0.191 e. The van der Waals surface area contributed by atoms with Crippen LogP contribution in [0.15, 0.2) is 0 Å². The monoisotopic (exact) mass is 242 g/mol. The molecule has 1 N–H and O–H groups in total. The summed E-state index contributed by atoms with van der Waals surface area (Å²) in [5.41, 5.74) is 0. The van der Waals surface area contributed by atoms with E-state index in [1.54, 1.807) is 6.92 Å². The summed E-state index contributed by atoms with van der Waals surface area (Å²) in [6, 6.07) is 0. The molecule has 0 aromatic heterocycles. The molecule has 0 fully saturated rings. The van der Waals surface area contributed by atoms with Crippen LogP contribution in [0, 0.1) is 11.8 Å². The summed E-state index contributed by atoms with van der Waals surface area (Å²) in [6.07, 6.45) is 1.24. The van der Waals surface area contributed by atoms with Crippen LogP contribution in [0.4, 0.5) is 0 Å². The van der Waals surface area contributed by atoms with E-state index >= 15 is 0 Å². The second-order valence-electron chi connectivity index (χ2n) is 5.71. The molecular weight excluding hydrogens is 216 g/mol. The molecule has 0 aromatic rings. The molecule has 0 unspecified atom stereocenters. The Morgan fingerprint density at radius 3 is 2.31 bits per heavy atom. The van der Waals surface area contributed by atoms with Gasteiger partial charge < -0.3 is 9.53 Å². The maximum atomic E-state index is 8.95. The minimum Gasteiger partial charge on any atom is -0.417 e. The van der Waals surface area contributed by atoms with Crippen LogP contribution in [0.25, 0.3) is 0 Å². The fourth-order valence-electron chi connectivity index (χ4n) is 0.924. The van der Waals surface area contributed by atoms with Gasteiger partial charge in [0.1, 0.15) is 6.10 Å². The van der Waals surface area contributed by atoms with Gasteiger partial charge in [0.25, 0.3) is 0 Å². The van der Waals surface area contributed by atoms with Crippen molar-refractivity contribution in [3.8, 4) is 11.8 Å². The Hall–Kier alpha value is -0.303. The molecule has 0 amide bonds. The average Bonchev–Trinajstić information content (AvgIpc) is 2.08. The van der Waals surface area contributed by atoms with Gasteiger partial charge in [0.15, 0.2) is 8.32 Å². The summed E-state index contributed by atoms with van der Waals surface area (Å²) in [7, 11) is -1.58. The lowest BCUT2D eigenvalue weighted by Crippen LogP contribution is -2.40. The van der Waals surface area contributed by atoms with Gasteiger partial charge in [0.05, 0.1) is 0 Å². The van der Waals surface area contributed by atoms with Crippen molar-refractivity contribution in [1.29, 1.82) is 0 Å². The molecule has 16 heavy (non-hydrogen) atoms. The zero-order valence-electron chi connectivity index (χ0n) is 11.6. The van der Waals surface area contributed by atoms with Crippen molar-refractivity contribution in [3.05, 3.63) is 0 Å². The van der Waals surface area contributed by atoms with Crippen LogP contribution in [0.1, 0.15) is 40.5 Å². The van der Waals surface area contributed by atoms with Crippen LogP contribution >= 0.6 is 0 Å². The van der Waals surface area contributed by atoms with E-state index in [9.17, 15) is 0 Å². The molecule has 0 aliphatic carbocycles. The van der Waals surface area contributed by atoms with E-state index in [1.165, 1.54) is 0 Å². The van der Waals surface area contributed by atoms with Gasteiger partial charge in [-0.15, -0.1) is 5.92 Å². The van der Waals surface area contributed by atoms with Crippen molar-refractivity contribution in [2.24, 2.45) is 0 Å². The number of hydrogen-bond donors (Lipinski definition) is 1. The number of rotatable bonds is 4. The van der Waals surface area contributed by atoms with Crippen LogP contribution in [0.5, 0.6) is 0 Å². The Labute approximate surface area is 102 Å². The predicted molar refractivity (Wildman–Crippen MR) is 71.8 cm³/mol. The van der Waals surface area contributed by atoms with E-state index in [4.69, 9.17) is 9.53 Å². The first-order valence-electron chi connectivity index (χ1n) is 5.97. The summed E-state index contributed by atoms with van der Waals surface area (Å²) in [4.78, 5) is 0. The van der Waals surface area contributed by atoms with Gasteiger partial charge in [-0.25, -0.2) is 0 Å². The van der Waals surface area contributed by atoms with Crippen molar-refractivity contribution < 1.29 is 9.53 Å². The van der Waals surface area contributed by atoms with Crippen molar-refractivity contribution in [3.63, 3.8) is 0 Å². The fourth-order valence-corrected chi connectivity index (χ4v) is 2.01. The Kier molecular flexibility index (Phi) is 6.31. The largest absolute Gasteiger partial charge is 0.417 e. The molecule has 0 spiro atoms. The molecule has 0 aliphatic rings. The number of unbranched alkanes of at least 4 members (excludes halogenated alkanes) is 1. The third-order valence-electron chi connectivity index (χ3n) is 3.03. The molecule has 2 nitrogen and oxygen atoms in total. The van der Waals surface area contributed by atoms with Crippen LogP contribution in [0.2, 0.25) is 18.1 Å². The number of aliphatic hydroxyl groups is 1. The minimum absolute atomic E-state index is 0.276. The number of hydrogen-bond acceptors (Lipinski definition) is 2.